The molecule has 0 fully saturated rings. The number of carbonyl (C=O) groups is 1. The predicted molar refractivity (Wildman–Crippen MR) is 166 cm³/mol. The molecule has 0 N–H and O–H groups in total. The van der Waals surface area contributed by atoms with Gasteiger partial charge in [0, 0.05) is 26.1 Å². The van der Waals surface area contributed by atoms with Crippen LogP contribution in [-0.2, 0) is 0 Å². The van der Waals surface area contributed by atoms with Gasteiger partial charge >= 0.3 is 0 Å². The lowest BCUT2D eigenvalue weighted by molar-refractivity contribution is 0.101. The van der Waals surface area contributed by atoms with Gasteiger partial charge in [-0.25, -0.2) is 9.97 Å². The highest BCUT2D eigenvalue weighted by atomic mass is 32.2. The molecular formula is C36H24N2OS. The van der Waals surface area contributed by atoms with Crippen molar-refractivity contribution in [3.63, 3.8) is 0 Å². The maximum atomic E-state index is 11.6. The summed E-state index contributed by atoms with van der Waals surface area (Å²) in [7, 11) is 0. The molecule has 0 atom stereocenters. The smallest absolute Gasteiger partial charge is 0.159 e. The van der Waals surface area contributed by atoms with Crippen LogP contribution in [0.3, 0.4) is 0 Å². The second kappa shape index (κ2) is 10.1. The second-order valence-corrected chi connectivity index (χ2v) is 11.0. The molecule has 0 aliphatic carbocycles. The highest BCUT2D eigenvalue weighted by Crippen LogP contribution is 2.38. The third kappa shape index (κ3) is 4.53. The van der Waals surface area contributed by atoms with Crippen LogP contribution in [0.25, 0.3) is 55.1 Å². The summed E-state index contributed by atoms with van der Waals surface area (Å²) in [5, 5.41) is 4.63. The number of benzene rings is 5. The quantitative estimate of drug-likeness (QED) is 0.163. The number of pyridine rings is 2. The van der Waals surface area contributed by atoms with Crippen molar-refractivity contribution >= 4 is 50.1 Å². The van der Waals surface area contributed by atoms with Gasteiger partial charge in [0.15, 0.2) is 5.78 Å². The predicted octanol–water partition coefficient (Wildman–Crippen LogP) is 9.62. The minimum atomic E-state index is 0.0799. The Morgan fingerprint density at radius 3 is 2.02 bits per heavy atom. The van der Waals surface area contributed by atoms with Crippen molar-refractivity contribution in [2.75, 3.05) is 0 Å². The van der Waals surface area contributed by atoms with E-state index < -0.39 is 0 Å². The highest BCUT2D eigenvalue weighted by molar-refractivity contribution is 7.99. The van der Waals surface area contributed by atoms with E-state index in [4.69, 9.17) is 9.97 Å². The fourth-order valence-electron chi connectivity index (χ4n) is 5.17. The van der Waals surface area contributed by atoms with Gasteiger partial charge in [-0.05, 0) is 77.4 Å². The van der Waals surface area contributed by atoms with Gasteiger partial charge < -0.3 is 0 Å². The number of hydrogen-bond acceptors (Lipinski definition) is 4. The summed E-state index contributed by atoms with van der Waals surface area (Å²) in [6.07, 6.45) is 0. The SMILES string of the molecule is CC(=O)c1ccc(Sc2ccc(-c3cc(-c4ccc5ccccc5n4)nc4ccc5ccccc5c34)cc2)cc1. The monoisotopic (exact) mass is 532 g/mol. The molecule has 0 radical (unpaired) electrons. The molecule has 0 aliphatic rings. The average Bonchev–Trinajstić information content (AvgIpc) is 3.01. The molecule has 2 aromatic heterocycles. The zero-order valence-electron chi connectivity index (χ0n) is 21.8. The van der Waals surface area contributed by atoms with E-state index in [1.165, 1.54) is 10.8 Å². The fourth-order valence-corrected chi connectivity index (χ4v) is 5.99. The van der Waals surface area contributed by atoms with Gasteiger partial charge in [-0.3, -0.25) is 4.79 Å². The molecule has 0 saturated heterocycles. The maximum absolute atomic E-state index is 11.6. The van der Waals surface area contributed by atoms with Crippen LogP contribution in [0.4, 0.5) is 0 Å². The van der Waals surface area contributed by atoms with Gasteiger partial charge in [0.05, 0.1) is 22.4 Å². The van der Waals surface area contributed by atoms with E-state index in [0.717, 1.165) is 59.7 Å². The van der Waals surface area contributed by atoms with E-state index in [1.807, 2.05) is 42.5 Å². The Hall–Kier alpha value is -4.80. The van der Waals surface area contributed by atoms with Crippen LogP contribution in [0.1, 0.15) is 17.3 Å². The van der Waals surface area contributed by atoms with Crippen LogP contribution in [-0.4, -0.2) is 15.8 Å². The third-order valence-corrected chi connectivity index (χ3v) is 8.24. The Labute approximate surface area is 236 Å². The number of rotatable bonds is 5. The number of hydrogen-bond donors (Lipinski definition) is 0. The number of carbonyl (C=O) groups excluding carboxylic acids is 1. The van der Waals surface area contributed by atoms with Crippen molar-refractivity contribution in [2.45, 2.75) is 16.7 Å². The Balaban J connectivity index is 1.34. The molecule has 0 spiro atoms. The average molecular weight is 533 g/mol. The number of para-hydroxylation sites is 1. The maximum Gasteiger partial charge on any atom is 0.159 e. The first-order valence-corrected chi connectivity index (χ1v) is 14.0. The molecule has 4 heteroatoms. The minimum absolute atomic E-state index is 0.0799. The number of aromatic nitrogens is 2. The zero-order valence-corrected chi connectivity index (χ0v) is 22.7. The normalized spacial score (nSPS) is 11.3. The van der Waals surface area contributed by atoms with Crippen molar-refractivity contribution in [3.05, 3.63) is 133 Å². The van der Waals surface area contributed by atoms with Crippen molar-refractivity contribution in [3.8, 4) is 22.5 Å². The van der Waals surface area contributed by atoms with Crippen molar-refractivity contribution in [2.24, 2.45) is 0 Å². The van der Waals surface area contributed by atoms with E-state index in [-0.39, 0.29) is 5.78 Å². The number of Topliss-reactive ketones (excluding diaryl/α,β-unsaturated/α-hetero) is 1. The molecular weight excluding hydrogens is 508 g/mol. The zero-order chi connectivity index (χ0) is 27.1. The summed E-state index contributed by atoms with van der Waals surface area (Å²) in [4.78, 5) is 23.9. The molecule has 0 amide bonds. The summed E-state index contributed by atoms with van der Waals surface area (Å²) in [6, 6.07) is 43.7. The summed E-state index contributed by atoms with van der Waals surface area (Å²) in [6.45, 7) is 1.59. The molecule has 2 heterocycles. The topological polar surface area (TPSA) is 42.9 Å². The van der Waals surface area contributed by atoms with E-state index in [0.29, 0.717) is 0 Å². The van der Waals surface area contributed by atoms with Crippen LogP contribution in [0.5, 0.6) is 0 Å². The Kier molecular flexibility index (Phi) is 6.10. The molecule has 7 aromatic rings. The largest absolute Gasteiger partial charge is 0.295 e. The Morgan fingerprint density at radius 2 is 1.25 bits per heavy atom. The van der Waals surface area contributed by atoms with Gasteiger partial charge in [0.1, 0.15) is 0 Å². The number of fused-ring (bicyclic) bond motifs is 4. The van der Waals surface area contributed by atoms with Gasteiger partial charge in [-0.2, -0.15) is 0 Å². The summed E-state index contributed by atoms with van der Waals surface area (Å²) in [5.74, 6) is 0.0799. The third-order valence-electron chi connectivity index (χ3n) is 7.22. The number of nitrogens with zero attached hydrogens (tertiary/aromatic N) is 2. The molecule has 5 aromatic carbocycles. The van der Waals surface area contributed by atoms with Crippen molar-refractivity contribution in [1.82, 2.24) is 9.97 Å². The summed E-state index contributed by atoms with van der Waals surface area (Å²) in [5.41, 5.74) is 6.61. The van der Waals surface area contributed by atoms with Crippen LogP contribution in [0.15, 0.2) is 137 Å². The summed E-state index contributed by atoms with van der Waals surface area (Å²) >= 11 is 1.69. The first kappa shape index (κ1) is 24.3. The molecule has 0 saturated carbocycles. The van der Waals surface area contributed by atoms with Gasteiger partial charge in [-0.1, -0.05) is 90.6 Å². The van der Waals surface area contributed by atoms with E-state index in [1.54, 1.807) is 18.7 Å². The lowest BCUT2D eigenvalue weighted by atomic mass is 9.95. The van der Waals surface area contributed by atoms with E-state index in [9.17, 15) is 4.79 Å². The van der Waals surface area contributed by atoms with Crippen molar-refractivity contribution in [1.29, 1.82) is 0 Å². The molecule has 0 aliphatic heterocycles. The second-order valence-electron chi connectivity index (χ2n) is 9.83. The Bertz CT molecular complexity index is 2050. The lowest BCUT2D eigenvalue weighted by Crippen LogP contribution is -1.93. The van der Waals surface area contributed by atoms with Crippen LogP contribution in [0, 0.1) is 0 Å². The molecule has 7 rings (SSSR count). The fraction of sp³-hybridized carbons (Fsp3) is 0.0278. The number of ketones is 1. The minimum Gasteiger partial charge on any atom is -0.295 e. The first-order chi connectivity index (χ1) is 19.6. The molecule has 0 unspecified atom stereocenters. The standard InChI is InChI=1S/C36H24N2OS/c1-23(39)24-10-16-28(17-11-24)40-29-18-12-26(13-19-29)31-22-35(33-20-15-27-7-3-5-9-32(27)37-33)38-34-21-14-25-6-2-4-8-30(25)36(31)34/h2-22H,1H3. The van der Waals surface area contributed by atoms with Crippen LogP contribution >= 0.6 is 11.8 Å². The van der Waals surface area contributed by atoms with Gasteiger partial charge in [-0.15, -0.1) is 0 Å². The van der Waals surface area contributed by atoms with Gasteiger partial charge in [0.25, 0.3) is 0 Å². The van der Waals surface area contributed by atoms with Crippen molar-refractivity contribution < 1.29 is 4.79 Å². The molecule has 0 bridgehead atoms. The summed E-state index contributed by atoms with van der Waals surface area (Å²) < 4.78 is 0. The Morgan fingerprint density at radius 1 is 0.600 bits per heavy atom. The molecule has 3 nitrogen and oxygen atoms in total. The first-order valence-electron chi connectivity index (χ1n) is 13.2. The van der Waals surface area contributed by atoms with E-state index in [2.05, 4.69) is 84.9 Å². The molecule has 190 valence electrons. The van der Waals surface area contributed by atoms with Crippen LogP contribution in [0.2, 0.25) is 0 Å². The highest BCUT2D eigenvalue weighted by Gasteiger charge is 2.14. The lowest BCUT2D eigenvalue weighted by Gasteiger charge is -2.13. The van der Waals surface area contributed by atoms with E-state index >= 15 is 0 Å². The van der Waals surface area contributed by atoms with Gasteiger partial charge in [0.2, 0.25) is 0 Å². The molecule has 40 heavy (non-hydrogen) atoms. The van der Waals surface area contributed by atoms with Crippen LogP contribution < -0.4 is 0 Å².